The molecule has 1 heterocycles. The number of nitrogens with zero attached hydrogens (tertiary/aromatic N) is 1. The number of carbonyl (C=O) groups excluding carboxylic acids is 2. The van der Waals surface area contributed by atoms with Crippen LogP contribution < -0.4 is 14.8 Å². The first kappa shape index (κ1) is 20.8. The minimum Gasteiger partial charge on any atom is -0.493 e. The van der Waals surface area contributed by atoms with Crippen LogP contribution in [0.3, 0.4) is 0 Å². The number of nitrogens with one attached hydrogen (secondary N) is 1. The molecule has 1 aliphatic heterocycles. The van der Waals surface area contributed by atoms with Crippen molar-refractivity contribution < 1.29 is 23.5 Å². The zero-order chi connectivity index (χ0) is 21.0. The molecule has 2 amide bonds. The number of thiocarbonyl (C=S) groups is 1. The van der Waals surface area contributed by atoms with Crippen molar-refractivity contribution in [3.05, 3.63) is 58.8 Å². The van der Waals surface area contributed by atoms with Crippen molar-refractivity contribution in [2.75, 3.05) is 26.1 Å². The van der Waals surface area contributed by atoms with Crippen LogP contribution in [0.4, 0.5) is 10.1 Å². The Hall–Kier alpha value is -2.91. The summed E-state index contributed by atoms with van der Waals surface area (Å²) in [5.74, 6) is -0.460. The molecule has 29 heavy (non-hydrogen) atoms. The molecule has 1 N–H and O–H groups in total. The molecule has 0 spiro atoms. The van der Waals surface area contributed by atoms with E-state index in [1.807, 2.05) is 0 Å². The standard InChI is InChI=1S/C20H17FN2O4S2/c1-23-19(25)17(29-20(23)28)10-12-7-8-15(16(9-12)26-2)27-11-18(24)22-14-6-4-3-5-13(14)21/h3-10H,11H2,1-2H3,(H,22,24)/b17-10-. The van der Waals surface area contributed by atoms with Gasteiger partial charge in [-0.05, 0) is 35.9 Å². The molecule has 2 aromatic carbocycles. The second-order valence-electron chi connectivity index (χ2n) is 5.97. The van der Waals surface area contributed by atoms with Crippen LogP contribution in [0.25, 0.3) is 6.08 Å². The van der Waals surface area contributed by atoms with Crippen molar-refractivity contribution in [3.63, 3.8) is 0 Å². The summed E-state index contributed by atoms with van der Waals surface area (Å²) >= 11 is 6.34. The van der Waals surface area contributed by atoms with Crippen molar-refractivity contribution in [1.29, 1.82) is 0 Å². The maximum Gasteiger partial charge on any atom is 0.265 e. The molecule has 0 saturated carbocycles. The molecule has 1 fully saturated rings. The van der Waals surface area contributed by atoms with Crippen LogP contribution in [0.5, 0.6) is 11.5 Å². The highest BCUT2D eigenvalue weighted by Gasteiger charge is 2.28. The monoisotopic (exact) mass is 432 g/mol. The number of carbonyl (C=O) groups is 2. The number of hydrogen-bond donors (Lipinski definition) is 1. The summed E-state index contributed by atoms with van der Waals surface area (Å²) in [7, 11) is 3.10. The fourth-order valence-electron chi connectivity index (χ4n) is 2.48. The van der Waals surface area contributed by atoms with Gasteiger partial charge in [-0.25, -0.2) is 4.39 Å². The second kappa shape index (κ2) is 9.06. The van der Waals surface area contributed by atoms with Gasteiger partial charge in [0.2, 0.25) is 0 Å². The van der Waals surface area contributed by atoms with Crippen molar-refractivity contribution in [3.8, 4) is 11.5 Å². The average Bonchev–Trinajstić information content (AvgIpc) is 2.95. The van der Waals surface area contributed by atoms with E-state index in [0.717, 1.165) is 5.56 Å². The summed E-state index contributed by atoms with van der Waals surface area (Å²) in [6, 6.07) is 10.9. The third-order valence-corrected chi connectivity index (χ3v) is 5.46. The fourth-order valence-corrected chi connectivity index (χ4v) is 3.66. The molecular formula is C20H17FN2O4S2. The molecule has 0 aliphatic carbocycles. The number of methoxy groups -OCH3 is 1. The quantitative estimate of drug-likeness (QED) is 0.555. The Balaban J connectivity index is 1.68. The number of ether oxygens (including phenoxy) is 2. The van der Waals surface area contributed by atoms with Gasteiger partial charge in [-0.15, -0.1) is 0 Å². The summed E-state index contributed by atoms with van der Waals surface area (Å²) in [4.78, 5) is 26.1. The van der Waals surface area contributed by atoms with Gasteiger partial charge in [-0.1, -0.05) is 42.2 Å². The maximum absolute atomic E-state index is 13.6. The number of amides is 2. The lowest BCUT2D eigenvalue weighted by atomic mass is 10.2. The Labute approximate surface area is 176 Å². The fraction of sp³-hybridized carbons (Fsp3) is 0.150. The first-order valence-electron chi connectivity index (χ1n) is 8.46. The lowest BCUT2D eigenvalue weighted by molar-refractivity contribution is -0.121. The van der Waals surface area contributed by atoms with Crippen LogP contribution in [-0.4, -0.2) is 41.8 Å². The van der Waals surface area contributed by atoms with E-state index in [1.165, 1.54) is 42.0 Å². The minimum absolute atomic E-state index is 0.0802. The highest BCUT2D eigenvalue weighted by molar-refractivity contribution is 8.26. The zero-order valence-electron chi connectivity index (χ0n) is 15.6. The zero-order valence-corrected chi connectivity index (χ0v) is 17.2. The van der Waals surface area contributed by atoms with E-state index in [2.05, 4.69) is 5.32 Å². The van der Waals surface area contributed by atoms with Crippen LogP contribution in [0.2, 0.25) is 0 Å². The molecule has 2 aromatic rings. The van der Waals surface area contributed by atoms with Gasteiger partial charge in [0.15, 0.2) is 18.1 Å². The smallest absolute Gasteiger partial charge is 0.265 e. The maximum atomic E-state index is 13.6. The van der Waals surface area contributed by atoms with Gasteiger partial charge in [0.25, 0.3) is 11.8 Å². The lowest BCUT2D eigenvalue weighted by Gasteiger charge is -2.12. The van der Waals surface area contributed by atoms with Crippen molar-refractivity contribution in [2.24, 2.45) is 0 Å². The molecule has 0 radical (unpaired) electrons. The van der Waals surface area contributed by atoms with Crippen LogP contribution in [0.1, 0.15) is 5.56 Å². The van der Waals surface area contributed by atoms with Gasteiger partial charge in [-0.2, -0.15) is 0 Å². The van der Waals surface area contributed by atoms with Crippen molar-refractivity contribution >= 4 is 51.9 Å². The summed E-state index contributed by atoms with van der Waals surface area (Å²) in [5, 5.41) is 2.44. The Kier molecular flexibility index (Phi) is 6.50. The van der Waals surface area contributed by atoms with E-state index >= 15 is 0 Å². The topological polar surface area (TPSA) is 67.9 Å². The third kappa shape index (κ3) is 4.93. The number of hydrogen-bond acceptors (Lipinski definition) is 6. The van der Waals surface area contributed by atoms with Crippen LogP contribution in [0, 0.1) is 5.82 Å². The average molecular weight is 432 g/mol. The van der Waals surface area contributed by atoms with Crippen molar-refractivity contribution in [1.82, 2.24) is 4.90 Å². The Bertz CT molecular complexity index is 1010. The van der Waals surface area contributed by atoms with Crippen molar-refractivity contribution in [2.45, 2.75) is 0 Å². The number of benzene rings is 2. The molecule has 0 atom stereocenters. The Morgan fingerprint density at radius 1 is 1.28 bits per heavy atom. The molecule has 1 aliphatic rings. The number of anilines is 1. The van der Waals surface area contributed by atoms with E-state index in [9.17, 15) is 14.0 Å². The normalized spacial score (nSPS) is 15.0. The van der Waals surface area contributed by atoms with Gasteiger partial charge in [0, 0.05) is 7.05 Å². The number of likely N-dealkylation sites (N-methyl/N-ethyl adjacent to an activating group) is 1. The van der Waals surface area contributed by atoms with Gasteiger partial charge in [0.05, 0.1) is 17.7 Å². The SMILES string of the molecule is COc1cc(/C=C2\SC(=S)N(C)C2=O)ccc1OCC(=O)Nc1ccccc1F. The first-order chi connectivity index (χ1) is 13.9. The highest BCUT2D eigenvalue weighted by Crippen LogP contribution is 2.34. The summed E-state index contributed by atoms with van der Waals surface area (Å²) in [6.45, 7) is -0.321. The van der Waals surface area contributed by atoms with E-state index in [-0.39, 0.29) is 18.2 Å². The lowest BCUT2D eigenvalue weighted by Crippen LogP contribution is -2.22. The van der Waals surface area contributed by atoms with Crippen LogP contribution in [0.15, 0.2) is 47.4 Å². The molecule has 0 bridgehead atoms. The summed E-state index contributed by atoms with van der Waals surface area (Å²) in [5.41, 5.74) is 0.801. The van der Waals surface area contributed by atoms with E-state index < -0.39 is 11.7 Å². The van der Waals surface area contributed by atoms with Gasteiger partial charge in [-0.3, -0.25) is 14.5 Å². The highest BCUT2D eigenvalue weighted by atomic mass is 32.2. The van der Waals surface area contributed by atoms with Gasteiger partial charge in [0.1, 0.15) is 10.1 Å². The predicted molar refractivity (Wildman–Crippen MR) is 114 cm³/mol. The van der Waals surface area contributed by atoms with Gasteiger partial charge < -0.3 is 14.8 Å². The second-order valence-corrected chi connectivity index (χ2v) is 7.64. The Morgan fingerprint density at radius 3 is 2.69 bits per heavy atom. The predicted octanol–water partition coefficient (Wildman–Crippen LogP) is 3.68. The van der Waals surface area contributed by atoms with Crippen LogP contribution >= 0.6 is 24.0 Å². The van der Waals surface area contributed by atoms with Gasteiger partial charge >= 0.3 is 0 Å². The number of rotatable bonds is 6. The molecule has 0 aromatic heterocycles. The number of para-hydroxylation sites is 1. The summed E-state index contributed by atoms with van der Waals surface area (Å²) < 4.78 is 24.9. The molecular weight excluding hydrogens is 415 g/mol. The largest absolute Gasteiger partial charge is 0.493 e. The molecule has 150 valence electrons. The number of halogens is 1. The van der Waals surface area contributed by atoms with E-state index in [1.54, 1.807) is 37.4 Å². The molecule has 6 nitrogen and oxygen atoms in total. The molecule has 3 rings (SSSR count). The minimum atomic E-state index is -0.528. The molecule has 0 unspecified atom stereocenters. The summed E-state index contributed by atoms with van der Waals surface area (Å²) in [6.07, 6.45) is 1.71. The van der Waals surface area contributed by atoms with E-state index in [4.69, 9.17) is 21.7 Å². The van der Waals surface area contributed by atoms with Crippen LogP contribution in [-0.2, 0) is 9.59 Å². The molecule has 1 saturated heterocycles. The third-order valence-electron chi connectivity index (χ3n) is 3.98. The molecule has 9 heteroatoms. The first-order valence-corrected chi connectivity index (χ1v) is 9.68. The Morgan fingerprint density at radius 2 is 2.03 bits per heavy atom. The number of thioether (sulfide) groups is 1. The van der Waals surface area contributed by atoms with E-state index in [0.29, 0.717) is 20.7 Å².